The van der Waals surface area contributed by atoms with E-state index in [-0.39, 0.29) is 19.1 Å². The third-order valence-corrected chi connectivity index (χ3v) is 3.06. The Hall–Kier alpha value is -2.08. The number of hydrogen-bond acceptors (Lipinski definition) is 4. The molecule has 1 aliphatic heterocycles. The first kappa shape index (κ1) is 13.4. The Morgan fingerprint density at radius 1 is 1.32 bits per heavy atom. The molecular weight excluding hydrogens is 250 g/mol. The molecule has 6 heteroatoms. The number of carboxylic acids is 1. The van der Waals surface area contributed by atoms with Crippen molar-refractivity contribution in [2.24, 2.45) is 0 Å². The normalized spacial score (nSPS) is 22.3. The van der Waals surface area contributed by atoms with Gasteiger partial charge in [-0.25, -0.2) is 9.59 Å². The van der Waals surface area contributed by atoms with Gasteiger partial charge in [-0.2, -0.15) is 0 Å². The van der Waals surface area contributed by atoms with Gasteiger partial charge in [0.1, 0.15) is 11.8 Å². The molecule has 6 nitrogen and oxygen atoms in total. The van der Waals surface area contributed by atoms with Crippen LogP contribution in [0.4, 0.5) is 4.79 Å². The second-order valence-electron chi connectivity index (χ2n) is 4.28. The minimum atomic E-state index is -1.05. The van der Waals surface area contributed by atoms with E-state index in [1.165, 1.54) is 12.0 Å². The van der Waals surface area contributed by atoms with Gasteiger partial charge in [0.05, 0.1) is 12.6 Å². The molecule has 0 bridgehead atoms. The minimum absolute atomic E-state index is 0.221. The summed E-state index contributed by atoms with van der Waals surface area (Å²) in [5.74, 6) is -0.665. The molecule has 2 atom stereocenters. The molecule has 0 unspecified atom stereocenters. The molecular formula is C13H15NO5. The molecule has 0 aromatic heterocycles. The largest absolute Gasteiger partial charge is 0.480 e. The highest BCUT2D eigenvalue weighted by Crippen LogP contribution is 2.22. The van der Waals surface area contributed by atoms with E-state index in [1.807, 2.05) is 0 Å². The molecule has 1 heterocycles. The standard InChI is InChI=1S/C13H15NO5/c1-18-10-7-11(12(15)16)14(8-10)13(17)19-9-5-3-2-4-6-9/h2-6,10-11H,7-8H2,1H3,(H,15,16)/t10-,11+/m1/s1. The Bertz CT molecular complexity index is 461. The van der Waals surface area contributed by atoms with Crippen LogP contribution < -0.4 is 4.74 Å². The zero-order valence-electron chi connectivity index (χ0n) is 10.5. The summed E-state index contributed by atoms with van der Waals surface area (Å²) in [6, 6.07) is 7.64. The number of ether oxygens (including phenoxy) is 2. The molecule has 1 fully saturated rings. The highest BCUT2D eigenvalue weighted by atomic mass is 16.6. The summed E-state index contributed by atoms with van der Waals surface area (Å²) < 4.78 is 10.2. The van der Waals surface area contributed by atoms with Gasteiger partial charge in [0.2, 0.25) is 0 Å². The average Bonchev–Trinajstić information content (AvgIpc) is 2.84. The number of methoxy groups -OCH3 is 1. The van der Waals surface area contributed by atoms with Crippen LogP contribution in [0.3, 0.4) is 0 Å². The van der Waals surface area contributed by atoms with Gasteiger partial charge in [0, 0.05) is 13.5 Å². The molecule has 1 aromatic carbocycles. The Balaban J connectivity index is 2.07. The maximum absolute atomic E-state index is 12.0. The SMILES string of the molecule is CO[C@@H]1C[C@@H](C(=O)O)N(C(=O)Oc2ccccc2)C1. The number of carbonyl (C=O) groups is 2. The fraction of sp³-hybridized carbons (Fsp3) is 0.385. The van der Waals surface area contributed by atoms with Gasteiger partial charge in [-0.1, -0.05) is 18.2 Å². The first-order valence-corrected chi connectivity index (χ1v) is 5.91. The molecule has 2 rings (SSSR count). The summed E-state index contributed by atoms with van der Waals surface area (Å²) in [6.07, 6.45) is -0.669. The molecule has 1 amide bonds. The van der Waals surface area contributed by atoms with Gasteiger partial charge >= 0.3 is 12.1 Å². The summed E-state index contributed by atoms with van der Waals surface area (Å²) in [5, 5.41) is 9.11. The number of benzene rings is 1. The number of likely N-dealkylation sites (tertiary alicyclic amines) is 1. The molecule has 0 spiro atoms. The number of rotatable bonds is 3. The van der Waals surface area contributed by atoms with Gasteiger partial charge < -0.3 is 14.6 Å². The minimum Gasteiger partial charge on any atom is -0.480 e. The second-order valence-corrected chi connectivity index (χ2v) is 4.28. The summed E-state index contributed by atoms with van der Waals surface area (Å²) in [5.41, 5.74) is 0. The zero-order valence-corrected chi connectivity index (χ0v) is 10.5. The van der Waals surface area contributed by atoms with E-state index in [1.54, 1.807) is 30.3 Å². The molecule has 1 aromatic rings. The van der Waals surface area contributed by atoms with Crippen molar-refractivity contribution in [2.45, 2.75) is 18.6 Å². The predicted molar refractivity (Wildman–Crippen MR) is 66.0 cm³/mol. The van der Waals surface area contributed by atoms with Crippen molar-refractivity contribution in [3.63, 3.8) is 0 Å². The molecule has 1 aliphatic rings. The van der Waals surface area contributed by atoms with E-state index in [4.69, 9.17) is 14.6 Å². The number of para-hydroxylation sites is 1. The molecule has 1 saturated heterocycles. The smallest absolute Gasteiger partial charge is 0.416 e. The van der Waals surface area contributed by atoms with Crippen molar-refractivity contribution < 1.29 is 24.2 Å². The van der Waals surface area contributed by atoms with E-state index in [0.717, 1.165) is 0 Å². The Kier molecular flexibility index (Phi) is 4.01. The van der Waals surface area contributed by atoms with Crippen LogP contribution in [0, 0.1) is 0 Å². The lowest BCUT2D eigenvalue weighted by molar-refractivity contribution is -0.141. The van der Waals surface area contributed by atoms with Crippen molar-refractivity contribution >= 4 is 12.1 Å². The molecule has 102 valence electrons. The van der Waals surface area contributed by atoms with E-state index in [0.29, 0.717) is 5.75 Å². The third kappa shape index (κ3) is 3.03. The molecule has 0 saturated carbocycles. The number of amides is 1. The van der Waals surface area contributed by atoms with E-state index >= 15 is 0 Å². The summed E-state index contributed by atoms with van der Waals surface area (Å²) in [7, 11) is 1.50. The van der Waals surface area contributed by atoms with Crippen molar-refractivity contribution in [3.8, 4) is 5.75 Å². The summed E-state index contributed by atoms with van der Waals surface area (Å²) in [6.45, 7) is 0.221. The monoisotopic (exact) mass is 265 g/mol. The number of nitrogens with zero attached hydrogens (tertiary/aromatic N) is 1. The van der Waals surface area contributed by atoms with E-state index in [9.17, 15) is 9.59 Å². The molecule has 0 aliphatic carbocycles. The van der Waals surface area contributed by atoms with Crippen molar-refractivity contribution in [1.82, 2.24) is 4.90 Å². The highest BCUT2D eigenvalue weighted by molar-refractivity contribution is 5.81. The van der Waals surface area contributed by atoms with Gasteiger partial charge in [0.15, 0.2) is 0 Å². The van der Waals surface area contributed by atoms with Crippen LogP contribution >= 0.6 is 0 Å². The van der Waals surface area contributed by atoms with Gasteiger partial charge in [-0.05, 0) is 12.1 Å². The van der Waals surface area contributed by atoms with Gasteiger partial charge in [-0.15, -0.1) is 0 Å². The summed E-state index contributed by atoms with van der Waals surface area (Å²) >= 11 is 0. The molecule has 19 heavy (non-hydrogen) atoms. The van der Waals surface area contributed by atoms with Crippen molar-refractivity contribution in [3.05, 3.63) is 30.3 Å². The number of aliphatic carboxylic acids is 1. The van der Waals surface area contributed by atoms with E-state index < -0.39 is 18.1 Å². The highest BCUT2D eigenvalue weighted by Gasteiger charge is 2.40. The maximum atomic E-state index is 12.0. The quantitative estimate of drug-likeness (QED) is 0.893. The van der Waals surface area contributed by atoms with Crippen LogP contribution in [0.25, 0.3) is 0 Å². The number of carbonyl (C=O) groups excluding carboxylic acids is 1. The average molecular weight is 265 g/mol. The van der Waals surface area contributed by atoms with Crippen molar-refractivity contribution in [2.75, 3.05) is 13.7 Å². The van der Waals surface area contributed by atoms with Gasteiger partial charge in [0.25, 0.3) is 0 Å². The van der Waals surface area contributed by atoms with Crippen LogP contribution in [0.15, 0.2) is 30.3 Å². The van der Waals surface area contributed by atoms with Crippen LogP contribution in [-0.2, 0) is 9.53 Å². The Morgan fingerprint density at radius 2 is 2.00 bits per heavy atom. The Morgan fingerprint density at radius 3 is 2.58 bits per heavy atom. The lowest BCUT2D eigenvalue weighted by Gasteiger charge is -2.20. The molecule has 1 N–H and O–H groups in total. The number of carboxylic acid groups (broad SMARTS) is 1. The lowest BCUT2D eigenvalue weighted by atomic mass is 10.2. The van der Waals surface area contributed by atoms with Gasteiger partial charge in [-0.3, -0.25) is 4.90 Å². The van der Waals surface area contributed by atoms with Crippen LogP contribution in [0.1, 0.15) is 6.42 Å². The predicted octanol–water partition coefficient (Wildman–Crippen LogP) is 1.36. The molecule has 0 radical (unpaired) electrons. The van der Waals surface area contributed by atoms with Crippen LogP contribution in [0.5, 0.6) is 5.75 Å². The Labute approximate surface area is 110 Å². The van der Waals surface area contributed by atoms with E-state index in [2.05, 4.69) is 0 Å². The fourth-order valence-electron chi connectivity index (χ4n) is 2.05. The first-order valence-electron chi connectivity index (χ1n) is 5.91. The topological polar surface area (TPSA) is 76.1 Å². The third-order valence-electron chi connectivity index (χ3n) is 3.06. The van der Waals surface area contributed by atoms with Crippen LogP contribution in [-0.4, -0.2) is 47.9 Å². The zero-order chi connectivity index (χ0) is 13.8. The first-order chi connectivity index (χ1) is 9.11. The fourth-order valence-corrected chi connectivity index (χ4v) is 2.05. The van der Waals surface area contributed by atoms with Crippen molar-refractivity contribution in [1.29, 1.82) is 0 Å². The summed E-state index contributed by atoms with van der Waals surface area (Å²) in [4.78, 5) is 24.3. The van der Waals surface area contributed by atoms with Crippen LogP contribution in [0.2, 0.25) is 0 Å². The second kappa shape index (κ2) is 5.71. The lowest BCUT2D eigenvalue weighted by Crippen LogP contribution is -2.42. The number of hydrogen-bond donors (Lipinski definition) is 1. The maximum Gasteiger partial charge on any atom is 0.416 e.